The summed E-state index contributed by atoms with van der Waals surface area (Å²) in [5, 5.41) is 12.4. The van der Waals surface area contributed by atoms with Crippen molar-refractivity contribution in [3.05, 3.63) is 28.6 Å². The van der Waals surface area contributed by atoms with Gasteiger partial charge in [-0.25, -0.2) is 0 Å². The summed E-state index contributed by atoms with van der Waals surface area (Å²) >= 11 is 0. The van der Waals surface area contributed by atoms with Crippen LogP contribution in [0, 0.1) is 31.1 Å². The molecule has 1 N–H and O–H groups in total. The van der Waals surface area contributed by atoms with Gasteiger partial charge in [-0.1, -0.05) is 19.8 Å². The number of rotatable bonds is 8. The van der Waals surface area contributed by atoms with Crippen molar-refractivity contribution in [2.24, 2.45) is 5.92 Å². The standard InChI is InChI=1S/C25H37N5O2/c1-4-10-30-19(2)16-22(20(30)3)17-23(18-26)24(31)27-9-11-28-12-14-29(15-13-28)25(32)21-7-5-6-8-21/h16-17,21H,4-15H2,1-3H3,(H,27,31)/b23-17-. The Bertz CT molecular complexity index is 881. The lowest BCUT2D eigenvalue weighted by Crippen LogP contribution is -2.51. The Labute approximate surface area is 192 Å². The van der Waals surface area contributed by atoms with Crippen LogP contribution in [0.4, 0.5) is 0 Å². The van der Waals surface area contributed by atoms with E-state index in [1.165, 1.54) is 12.8 Å². The van der Waals surface area contributed by atoms with E-state index in [2.05, 4.69) is 27.8 Å². The smallest absolute Gasteiger partial charge is 0.261 e. The molecule has 7 nitrogen and oxygen atoms in total. The molecule has 0 bridgehead atoms. The van der Waals surface area contributed by atoms with Gasteiger partial charge in [0.1, 0.15) is 11.6 Å². The average Bonchev–Trinajstić information content (AvgIpc) is 3.42. The molecule has 1 saturated heterocycles. The highest BCUT2D eigenvalue weighted by atomic mass is 16.2. The van der Waals surface area contributed by atoms with Gasteiger partial charge in [-0.3, -0.25) is 14.5 Å². The molecule has 0 atom stereocenters. The second kappa shape index (κ2) is 11.3. The highest BCUT2D eigenvalue weighted by Gasteiger charge is 2.29. The molecule has 174 valence electrons. The molecule has 2 amide bonds. The molecule has 1 aliphatic carbocycles. The Morgan fingerprint density at radius 2 is 1.84 bits per heavy atom. The van der Waals surface area contributed by atoms with Crippen molar-refractivity contribution >= 4 is 17.9 Å². The molecule has 7 heteroatoms. The molecule has 0 spiro atoms. The number of hydrogen-bond acceptors (Lipinski definition) is 4. The van der Waals surface area contributed by atoms with E-state index in [0.29, 0.717) is 12.5 Å². The molecule has 0 unspecified atom stereocenters. The number of piperazine rings is 1. The number of hydrogen-bond donors (Lipinski definition) is 1. The fourth-order valence-corrected chi connectivity index (χ4v) is 4.89. The lowest BCUT2D eigenvalue weighted by Gasteiger charge is -2.36. The summed E-state index contributed by atoms with van der Waals surface area (Å²) in [5.74, 6) is 0.240. The van der Waals surface area contributed by atoms with Crippen molar-refractivity contribution in [2.75, 3.05) is 39.3 Å². The van der Waals surface area contributed by atoms with Gasteiger partial charge in [0.2, 0.25) is 5.91 Å². The summed E-state index contributed by atoms with van der Waals surface area (Å²) in [6, 6.07) is 4.08. The third kappa shape index (κ3) is 5.80. The fourth-order valence-electron chi connectivity index (χ4n) is 4.89. The molecular weight excluding hydrogens is 402 g/mol. The summed E-state index contributed by atoms with van der Waals surface area (Å²) in [6.07, 6.45) is 7.17. The van der Waals surface area contributed by atoms with Gasteiger partial charge in [-0.15, -0.1) is 0 Å². The Hall–Kier alpha value is -2.59. The molecule has 1 saturated carbocycles. The van der Waals surface area contributed by atoms with E-state index < -0.39 is 0 Å². The molecule has 2 aliphatic rings. The highest BCUT2D eigenvalue weighted by Crippen LogP contribution is 2.27. The third-order valence-corrected chi connectivity index (χ3v) is 6.83. The number of aromatic nitrogens is 1. The first kappa shape index (κ1) is 24.1. The van der Waals surface area contributed by atoms with Gasteiger partial charge in [0.25, 0.3) is 5.91 Å². The summed E-state index contributed by atoms with van der Waals surface area (Å²) in [4.78, 5) is 29.4. The first-order chi connectivity index (χ1) is 15.4. The number of nitriles is 1. The van der Waals surface area contributed by atoms with Gasteiger partial charge in [0, 0.05) is 63.1 Å². The van der Waals surface area contributed by atoms with E-state index in [9.17, 15) is 14.9 Å². The van der Waals surface area contributed by atoms with Crippen LogP contribution >= 0.6 is 0 Å². The Morgan fingerprint density at radius 3 is 2.47 bits per heavy atom. The molecule has 1 aromatic rings. The molecule has 32 heavy (non-hydrogen) atoms. The van der Waals surface area contributed by atoms with E-state index in [1.807, 2.05) is 24.8 Å². The van der Waals surface area contributed by atoms with Crippen molar-refractivity contribution in [1.82, 2.24) is 19.7 Å². The largest absolute Gasteiger partial charge is 0.350 e. The minimum absolute atomic E-state index is 0.133. The summed E-state index contributed by atoms with van der Waals surface area (Å²) < 4.78 is 2.22. The van der Waals surface area contributed by atoms with E-state index in [-0.39, 0.29) is 17.4 Å². The molecule has 2 fully saturated rings. The van der Waals surface area contributed by atoms with Crippen LogP contribution in [0.1, 0.15) is 56.0 Å². The van der Waals surface area contributed by atoms with E-state index in [4.69, 9.17) is 0 Å². The molecule has 3 rings (SSSR count). The molecular formula is C25H37N5O2. The molecule has 1 aromatic heterocycles. The third-order valence-electron chi connectivity index (χ3n) is 6.83. The van der Waals surface area contributed by atoms with Crippen LogP contribution in [-0.2, 0) is 16.1 Å². The van der Waals surface area contributed by atoms with Crippen LogP contribution in [0.25, 0.3) is 6.08 Å². The molecule has 1 aliphatic heterocycles. The van der Waals surface area contributed by atoms with Gasteiger partial charge in [0.05, 0.1) is 0 Å². The first-order valence-corrected chi connectivity index (χ1v) is 12.0. The normalized spacial score (nSPS) is 18.1. The maximum absolute atomic E-state index is 12.6. The van der Waals surface area contributed by atoms with E-state index in [0.717, 1.165) is 75.5 Å². The van der Waals surface area contributed by atoms with Crippen LogP contribution in [0.3, 0.4) is 0 Å². The van der Waals surface area contributed by atoms with Gasteiger partial charge in [0.15, 0.2) is 0 Å². The number of amides is 2. The maximum atomic E-state index is 12.6. The summed E-state index contributed by atoms with van der Waals surface area (Å²) in [6.45, 7) is 11.5. The number of nitrogens with one attached hydrogen (secondary N) is 1. The van der Waals surface area contributed by atoms with Crippen LogP contribution < -0.4 is 5.32 Å². The minimum atomic E-state index is -0.331. The first-order valence-electron chi connectivity index (χ1n) is 12.0. The quantitative estimate of drug-likeness (QED) is 0.499. The summed E-state index contributed by atoms with van der Waals surface area (Å²) in [5.41, 5.74) is 3.27. The number of nitrogens with zero attached hydrogens (tertiary/aromatic N) is 4. The van der Waals surface area contributed by atoms with Crippen molar-refractivity contribution in [2.45, 2.75) is 59.4 Å². The predicted molar refractivity (Wildman–Crippen MR) is 126 cm³/mol. The Kier molecular flexibility index (Phi) is 8.52. The summed E-state index contributed by atoms with van der Waals surface area (Å²) in [7, 11) is 0. The van der Waals surface area contributed by atoms with Gasteiger partial charge in [-0.2, -0.15) is 5.26 Å². The van der Waals surface area contributed by atoms with Crippen LogP contribution in [0.15, 0.2) is 11.6 Å². The number of carbonyl (C=O) groups is 2. The van der Waals surface area contributed by atoms with Crippen molar-refractivity contribution in [3.8, 4) is 6.07 Å². The number of aryl methyl sites for hydroxylation is 1. The van der Waals surface area contributed by atoms with Crippen molar-refractivity contribution < 1.29 is 9.59 Å². The second-order valence-electron chi connectivity index (χ2n) is 9.05. The zero-order valence-electron chi connectivity index (χ0n) is 19.8. The molecule has 0 aromatic carbocycles. The van der Waals surface area contributed by atoms with Crippen molar-refractivity contribution in [1.29, 1.82) is 5.26 Å². The predicted octanol–water partition coefficient (Wildman–Crippen LogP) is 2.87. The zero-order chi connectivity index (χ0) is 23.1. The molecule has 0 radical (unpaired) electrons. The second-order valence-corrected chi connectivity index (χ2v) is 9.05. The van der Waals surface area contributed by atoms with Gasteiger partial charge >= 0.3 is 0 Å². The van der Waals surface area contributed by atoms with E-state index >= 15 is 0 Å². The SMILES string of the molecule is CCCn1c(C)cc(/C=C(/C#N)C(=O)NCCN2CCN(C(=O)C3CCCC3)CC2)c1C. The van der Waals surface area contributed by atoms with Crippen LogP contribution in [0.2, 0.25) is 0 Å². The Balaban J connectivity index is 1.46. The van der Waals surface area contributed by atoms with E-state index in [1.54, 1.807) is 6.08 Å². The van der Waals surface area contributed by atoms with Crippen LogP contribution in [-0.4, -0.2) is 65.4 Å². The topological polar surface area (TPSA) is 81.4 Å². The molecule has 2 heterocycles. The van der Waals surface area contributed by atoms with Crippen molar-refractivity contribution in [3.63, 3.8) is 0 Å². The van der Waals surface area contributed by atoms with Gasteiger partial charge < -0.3 is 14.8 Å². The van der Waals surface area contributed by atoms with Crippen LogP contribution in [0.5, 0.6) is 0 Å². The lowest BCUT2D eigenvalue weighted by atomic mass is 10.1. The maximum Gasteiger partial charge on any atom is 0.261 e. The monoisotopic (exact) mass is 439 g/mol. The minimum Gasteiger partial charge on any atom is -0.350 e. The zero-order valence-corrected chi connectivity index (χ0v) is 19.8. The van der Waals surface area contributed by atoms with Gasteiger partial charge in [-0.05, 0) is 50.8 Å². The highest BCUT2D eigenvalue weighted by molar-refractivity contribution is 6.01. The fraction of sp³-hybridized carbons (Fsp3) is 0.640. The number of carbonyl (C=O) groups excluding carboxylic acids is 2. The Morgan fingerprint density at radius 1 is 1.16 bits per heavy atom. The lowest BCUT2D eigenvalue weighted by molar-refractivity contribution is -0.137. The average molecular weight is 440 g/mol.